The largest absolute Gasteiger partial charge is 0.266 e. The average molecular weight is 308 g/mol. The first-order valence-electron chi connectivity index (χ1n) is 5.78. The third kappa shape index (κ3) is 2.28. The minimum absolute atomic E-state index is 0.0197. The fourth-order valence-electron chi connectivity index (χ4n) is 1.89. The Morgan fingerprint density at radius 3 is 2.40 bits per heavy atom. The molecule has 0 aliphatic rings. The zero-order valence-electron chi connectivity index (χ0n) is 10.1. The van der Waals surface area contributed by atoms with Gasteiger partial charge in [-0.1, -0.05) is 41.9 Å². The van der Waals surface area contributed by atoms with Crippen LogP contribution in [0.5, 0.6) is 0 Å². The maximum absolute atomic E-state index is 13.3. The summed E-state index contributed by atoms with van der Waals surface area (Å²) in [6.07, 6.45) is 0. The van der Waals surface area contributed by atoms with Crippen LogP contribution in [-0.2, 0) is 0 Å². The summed E-state index contributed by atoms with van der Waals surface area (Å²) in [5.41, 5.74) is 1.46. The first-order valence-corrected chi connectivity index (χ1v) is 6.54. The molecule has 0 saturated carbocycles. The maximum atomic E-state index is 13.3. The molecule has 3 aromatic rings. The van der Waals surface area contributed by atoms with E-state index in [-0.39, 0.29) is 10.3 Å². The molecule has 3 nitrogen and oxygen atoms in total. The molecule has 20 heavy (non-hydrogen) atoms. The Morgan fingerprint density at radius 1 is 0.950 bits per heavy atom. The summed E-state index contributed by atoms with van der Waals surface area (Å²) in [4.78, 5) is 0. The van der Waals surface area contributed by atoms with Crippen molar-refractivity contribution in [2.75, 3.05) is 0 Å². The normalized spacial score (nSPS) is 10.8. The van der Waals surface area contributed by atoms with E-state index in [9.17, 15) is 4.39 Å². The quantitative estimate of drug-likeness (QED) is 0.703. The molecule has 0 fully saturated rings. The number of rotatable bonds is 2. The van der Waals surface area contributed by atoms with E-state index in [2.05, 4.69) is 10.2 Å². The minimum Gasteiger partial charge on any atom is -0.266 e. The van der Waals surface area contributed by atoms with Crippen LogP contribution in [0.3, 0.4) is 0 Å². The smallest absolute Gasteiger partial charge is 0.229 e. The summed E-state index contributed by atoms with van der Waals surface area (Å²) in [6, 6.07) is 13.8. The van der Waals surface area contributed by atoms with Gasteiger partial charge in [-0.3, -0.25) is 4.57 Å². The van der Waals surface area contributed by atoms with Crippen molar-refractivity contribution in [1.29, 1.82) is 0 Å². The summed E-state index contributed by atoms with van der Waals surface area (Å²) in [7, 11) is 0. The Kier molecular flexibility index (Phi) is 3.42. The third-order valence-corrected chi connectivity index (χ3v) is 3.35. The molecule has 1 heterocycles. The van der Waals surface area contributed by atoms with E-state index in [4.69, 9.17) is 23.2 Å². The van der Waals surface area contributed by atoms with Gasteiger partial charge in [0.05, 0.1) is 10.7 Å². The van der Waals surface area contributed by atoms with Crippen molar-refractivity contribution in [3.05, 3.63) is 64.7 Å². The highest BCUT2D eigenvalue weighted by atomic mass is 35.5. The van der Waals surface area contributed by atoms with Crippen LogP contribution < -0.4 is 0 Å². The third-order valence-electron chi connectivity index (χ3n) is 2.82. The number of hydrogen-bond acceptors (Lipinski definition) is 2. The molecule has 1 aromatic heterocycles. The second-order valence-corrected chi connectivity index (χ2v) is 4.84. The van der Waals surface area contributed by atoms with Crippen LogP contribution in [0.25, 0.3) is 17.1 Å². The van der Waals surface area contributed by atoms with Crippen LogP contribution in [0.1, 0.15) is 0 Å². The van der Waals surface area contributed by atoms with Gasteiger partial charge in [0.15, 0.2) is 5.82 Å². The van der Waals surface area contributed by atoms with Crippen molar-refractivity contribution in [2.45, 2.75) is 0 Å². The molecule has 6 heteroatoms. The summed E-state index contributed by atoms with van der Waals surface area (Å²) in [6.45, 7) is 0. The highest BCUT2D eigenvalue weighted by Gasteiger charge is 2.14. The fraction of sp³-hybridized carbons (Fsp3) is 0. The lowest BCUT2D eigenvalue weighted by Crippen LogP contribution is -1.98. The highest BCUT2D eigenvalue weighted by molar-refractivity contribution is 6.31. The number of aromatic nitrogens is 3. The van der Waals surface area contributed by atoms with Crippen molar-refractivity contribution in [3.63, 3.8) is 0 Å². The lowest BCUT2D eigenvalue weighted by Gasteiger charge is -2.08. The van der Waals surface area contributed by atoms with E-state index >= 15 is 0 Å². The minimum atomic E-state index is -0.485. The van der Waals surface area contributed by atoms with E-state index in [0.29, 0.717) is 11.5 Å². The Morgan fingerprint density at radius 2 is 1.70 bits per heavy atom. The van der Waals surface area contributed by atoms with Gasteiger partial charge in [0.25, 0.3) is 0 Å². The topological polar surface area (TPSA) is 30.7 Å². The Balaban J connectivity index is 2.19. The molecule has 0 atom stereocenters. The first kappa shape index (κ1) is 13.1. The second-order valence-electron chi connectivity index (χ2n) is 4.09. The zero-order valence-corrected chi connectivity index (χ0v) is 11.6. The van der Waals surface area contributed by atoms with Gasteiger partial charge in [-0.25, -0.2) is 4.39 Å². The molecule has 0 radical (unpaired) electrons. The van der Waals surface area contributed by atoms with Crippen molar-refractivity contribution < 1.29 is 4.39 Å². The van der Waals surface area contributed by atoms with Crippen molar-refractivity contribution in [1.82, 2.24) is 14.8 Å². The Hall–Kier alpha value is -1.91. The molecule has 0 saturated heterocycles. The molecule has 100 valence electrons. The number of benzene rings is 2. The number of halogens is 3. The molecule has 0 aliphatic carbocycles. The van der Waals surface area contributed by atoms with Crippen molar-refractivity contribution in [2.24, 2.45) is 0 Å². The molecule has 0 N–H and O–H groups in total. The van der Waals surface area contributed by atoms with Gasteiger partial charge in [-0.05, 0) is 29.8 Å². The number of hydrogen-bond donors (Lipinski definition) is 0. The lowest BCUT2D eigenvalue weighted by atomic mass is 10.2. The van der Waals surface area contributed by atoms with Crippen molar-refractivity contribution in [3.8, 4) is 17.1 Å². The van der Waals surface area contributed by atoms with Gasteiger partial charge in [0.2, 0.25) is 5.28 Å². The summed E-state index contributed by atoms with van der Waals surface area (Å²) < 4.78 is 14.9. The molecular formula is C14H8Cl2FN3. The monoisotopic (exact) mass is 307 g/mol. The SMILES string of the molecule is Fc1ccc(-n2c(Cl)nnc2-c2ccccc2)cc1Cl. The molecule has 0 aliphatic heterocycles. The van der Waals surface area contributed by atoms with Crippen LogP contribution in [0.4, 0.5) is 4.39 Å². The summed E-state index contributed by atoms with van der Waals surface area (Å²) in [5, 5.41) is 8.13. The second kappa shape index (κ2) is 5.23. The lowest BCUT2D eigenvalue weighted by molar-refractivity contribution is 0.628. The van der Waals surface area contributed by atoms with Crippen LogP contribution in [0, 0.1) is 5.82 Å². The molecule has 0 bridgehead atoms. The highest BCUT2D eigenvalue weighted by Crippen LogP contribution is 2.27. The molecule has 3 rings (SSSR count). The van der Waals surface area contributed by atoms with E-state index in [1.54, 1.807) is 10.6 Å². The van der Waals surface area contributed by atoms with E-state index in [1.807, 2.05) is 30.3 Å². The van der Waals surface area contributed by atoms with Crippen LogP contribution in [0.15, 0.2) is 48.5 Å². The predicted molar refractivity (Wildman–Crippen MR) is 76.8 cm³/mol. The summed E-state index contributed by atoms with van der Waals surface area (Å²) in [5.74, 6) is 0.0825. The first-order chi connectivity index (χ1) is 9.66. The van der Waals surface area contributed by atoms with E-state index in [0.717, 1.165) is 5.56 Å². The fourth-order valence-corrected chi connectivity index (χ4v) is 2.28. The molecule has 0 unspecified atom stereocenters. The maximum Gasteiger partial charge on any atom is 0.229 e. The van der Waals surface area contributed by atoms with Crippen molar-refractivity contribution >= 4 is 23.2 Å². The molecule has 0 spiro atoms. The molecule has 0 amide bonds. The van der Waals surface area contributed by atoms with Gasteiger partial charge in [-0.2, -0.15) is 0 Å². The van der Waals surface area contributed by atoms with Gasteiger partial charge < -0.3 is 0 Å². The summed E-state index contributed by atoms with van der Waals surface area (Å²) >= 11 is 11.9. The molecule has 2 aromatic carbocycles. The van der Waals surface area contributed by atoms with E-state index in [1.165, 1.54) is 12.1 Å². The molecular weight excluding hydrogens is 300 g/mol. The van der Waals surface area contributed by atoms with Crippen LogP contribution >= 0.6 is 23.2 Å². The Labute approximate surface area is 124 Å². The average Bonchev–Trinajstić information content (AvgIpc) is 2.85. The van der Waals surface area contributed by atoms with Gasteiger partial charge in [-0.15, -0.1) is 10.2 Å². The van der Waals surface area contributed by atoms with E-state index < -0.39 is 5.82 Å². The van der Waals surface area contributed by atoms with Gasteiger partial charge >= 0.3 is 0 Å². The van der Waals surface area contributed by atoms with Gasteiger partial charge in [0.1, 0.15) is 5.82 Å². The van der Waals surface area contributed by atoms with Crippen LogP contribution in [0.2, 0.25) is 10.3 Å². The Bertz CT molecular complexity index is 756. The standard InChI is InChI=1S/C14H8Cl2FN3/c15-11-8-10(6-7-12(11)17)20-13(18-19-14(20)16)9-4-2-1-3-5-9/h1-8H. The number of nitrogens with zero attached hydrogens (tertiary/aromatic N) is 3. The zero-order chi connectivity index (χ0) is 14.1. The van der Waals surface area contributed by atoms with Gasteiger partial charge in [0, 0.05) is 5.56 Å². The van der Waals surface area contributed by atoms with Crippen LogP contribution in [-0.4, -0.2) is 14.8 Å². The predicted octanol–water partition coefficient (Wildman–Crippen LogP) is 4.38.